The van der Waals surface area contributed by atoms with E-state index in [1.54, 1.807) is 25.3 Å². The van der Waals surface area contributed by atoms with E-state index in [1.807, 2.05) is 13.8 Å². The minimum atomic E-state index is -0.292. The SMILES string of the molecule is CCNc1cc(-c2cc(C)ccc2F)nc(COC)n1. The van der Waals surface area contributed by atoms with Crippen LogP contribution in [0.25, 0.3) is 11.3 Å². The van der Waals surface area contributed by atoms with Crippen molar-refractivity contribution in [2.75, 3.05) is 19.0 Å². The maximum absolute atomic E-state index is 14.0. The summed E-state index contributed by atoms with van der Waals surface area (Å²) >= 11 is 0. The molecule has 106 valence electrons. The molecule has 1 heterocycles. The van der Waals surface area contributed by atoms with Gasteiger partial charge in [0, 0.05) is 25.3 Å². The number of nitrogens with zero attached hydrogens (tertiary/aromatic N) is 2. The average molecular weight is 275 g/mol. The Morgan fingerprint density at radius 3 is 2.75 bits per heavy atom. The van der Waals surface area contributed by atoms with Gasteiger partial charge in [-0.15, -0.1) is 0 Å². The zero-order valence-electron chi connectivity index (χ0n) is 11.9. The van der Waals surface area contributed by atoms with E-state index in [1.165, 1.54) is 6.07 Å². The predicted molar refractivity (Wildman–Crippen MR) is 77.0 cm³/mol. The molecule has 0 aliphatic carbocycles. The molecule has 0 radical (unpaired) electrons. The Kier molecular flexibility index (Phi) is 4.63. The highest BCUT2D eigenvalue weighted by atomic mass is 19.1. The topological polar surface area (TPSA) is 47.0 Å². The third-order valence-corrected chi connectivity index (χ3v) is 2.80. The van der Waals surface area contributed by atoms with Gasteiger partial charge in [0.2, 0.25) is 0 Å². The van der Waals surface area contributed by atoms with Gasteiger partial charge in [-0.2, -0.15) is 0 Å². The molecule has 2 rings (SSSR count). The average Bonchev–Trinajstić information content (AvgIpc) is 2.42. The molecule has 0 aliphatic heterocycles. The second-order valence-electron chi connectivity index (χ2n) is 4.50. The van der Waals surface area contributed by atoms with Gasteiger partial charge in [-0.1, -0.05) is 11.6 Å². The van der Waals surface area contributed by atoms with E-state index in [4.69, 9.17) is 4.74 Å². The van der Waals surface area contributed by atoms with Crippen molar-refractivity contribution in [3.05, 3.63) is 41.5 Å². The largest absolute Gasteiger partial charge is 0.377 e. The van der Waals surface area contributed by atoms with Crippen LogP contribution in [0.3, 0.4) is 0 Å². The molecular formula is C15H18FN3O. The molecule has 0 fully saturated rings. The normalized spacial score (nSPS) is 10.6. The summed E-state index contributed by atoms with van der Waals surface area (Å²) < 4.78 is 19.0. The fourth-order valence-electron chi connectivity index (χ4n) is 1.94. The molecule has 20 heavy (non-hydrogen) atoms. The number of hydrogen-bond acceptors (Lipinski definition) is 4. The lowest BCUT2D eigenvalue weighted by Crippen LogP contribution is -2.06. The number of anilines is 1. The smallest absolute Gasteiger partial charge is 0.157 e. The summed E-state index contributed by atoms with van der Waals surface area (Å²) in [6.45, 7) is 4.93. The maximum Gasteiger partial charge on any atom is 0.157 e. The Bertz CT molecular complexity index is 577. The molecule has 5 heteroatoms. The first kappa shape index (κ1) is 14.4. The molecule has 4 nitrogen and oxygen atoms in total. The minimum absolute atomic E-state index is 0.291. The lowest BCUT2D eigenvalue weighted by Gasteiger charge is -2.10. The molecule has 2 aromatic rings. The van der Waals surface area contributed by atoms with Crippen LogP contribution in [-0.4, -0.2) is 23.6 Å². The van der Waals surface area contributed by atoms with Gasteiger partial charge in [-0.25, -0.2) is 14.4 Å². The van der Waals surface area contributed by atoms with Gasteiger partial charge in [-0.3, -0.25) is 0 Å². The van der Waals surface area contributed by atoms with Crippen molar-refractivity contribution in [1.82, 2.24) is 9.97 Å². The summed E-state index contributed by atoms with van der Waals surface area (Å²) in [6.07, 6.45) is 0. The van der Waals surface area contributed by atoms with E-state index in [9.17, 15) is 4.39 Å². The number of benzene rings is 1. The third kappa shape index (κ3) is 3.30. The van der Waals surface area contributed by atoms with Crippen LogP contribution >= 0.6 is 0 Å². The highest BCUT2D eigenvalue weighted by molar-refractivity contribution is 5.64. The van der Waals surface area contributed by atoms with Crippen molar-refractivity contribution in [1.29, 1.82) is 0 Å². The van der Waals surface area contributed by atoms with Crippen LogP contribution in [0.1, 0.15) is 18.3 Å². The zero-order valence-corrected chi connectivity index (χ0v) is 11.9. The number of aryl methyl sites for hydroxylation is 1. The number of rotatable bonds is 5. The molecule has 0 bridgehead atoms. The first-order valence-electron chi connectivity index (χ1n) is 6.51. The van der Waals surface area contributed by atoms with Crippen LogP contribution < -0.4 is 5.32 Å². The monoisotopic (exact) mass is 275 g/mol. The maximum atomic E-state index is 14.0. The zero-order chi connectivity index (χ0) is 14.5. The minimum Gasteiger partial charge on any atom is -0.377 e. The molecule has 1 aromatic carbocycles. The second kappa shape index (κ2) is 6.43. The lowest BCUT2D eigenvalue weighted by molar-refractivity contribution is 0.178. The van der Waals surface area contributed by atoms with Crippen molar-refractivity contribution in [2.24, 2.45) is 0 Å². The number of nitrogens with one attached hydrogen (secondary N) is 1. The second-order valence-corrected chi connectivity index (χ2v) is 4.50. The quantitative estimate of drug-likeness (QED) is 0.910. The molecular weight excluding hydrogens is 257 g/mol. The highest BCUT2D eigenvalue weighted by Crippen LogP contribution is 2.24. The first-order valence-corrected chi connectivity index (χ1v) is 6.51. The molecule has 1 N–H and O–H groups in total. The Hall–Kier alpha value is -2.01. The van der Waals surface area contributed by atoms with E-state index in [-0.39, 0.29) is 5.82 Å². The summed E-state index contributed by atoms with van der Waals surface area (Å²) in [5.41, 5.74) is 2.02. The fourth-order valence-corrected chi connectivity index (χ4v) is 1.94. The Morgan fingerprint density at radius 2 is 2.05 bits per heavy atom. The van der Waals surface area contributed by atoms with Crippen molar-refractivity contribution in [2.45, 2.75) is 20.5 Å². The summed E-state index contributed by atoms with van der Waals surface area (Å²) in [5.74, 6) is 0.910. The number of methoxy groups -OCH3 is 1. The molecule has 0 saturated heterocycles. The summed E-state index contributed by atoms with van der Waals surface area (Å²) in [6, 6.07) is 6.72. The number of aromatic nitrogens is 2. The number of hydrogen-bond donors (Lipinski definition) is 1. The van der Waals surface area contributed by atoms with Crippen LogP contribution in [0.2, 0.25) is 0 Å². The van der Waals surface area contributed by atoms with Crippen molar-refractivity contribution in [3.63, 3.8) is 0 Å². The van der Waals surface area contributed by atoms with Gasteiger partial charge in [0.05, 0.1) is 5.69 Å². The summed E-state index contributed by atoms with van der Waals surface area (Å²) in [7, 11) is 1.58. The van der Waals surface area contributed by atoms with E-state index in [0.29, 0.717) is 29.5 Å². The molecule has 0 unspecified atom stereocenters. The molecule has 0 spiro atoms. The standard InChI is InChI=1S/C15H18FN3O/c1-4-17-14-8-13(18-15(19-14)9-20-3)11-7-10(2)5-6-12(11)16/h5-8H,4,9H2,1-3H3,(H,17,18,19). The molecule has 0 aliphatic rings. The summed E-state index contributed by atoms with van der Waals surface area (Å²) in [5, 5.41) is 3.12. The molecule has 0 atom stereocenters. The van der Waals surface area contributed by atoms with Crippen LogP contribution in [-0.2, 0) is 11.3 Å². The van der Waals surface area contributed by atoms with Crippen LogP contribution in [0.5, 0.6) is 0 Å². The van der Waals surface area contributed by atoms with Crippen LogP contribution in [0.15, 0.2) is 24.3 Å². The first-order chi connectivity index (χ1) is 9.63. The van der Waals surface area contributed by atoms with E-state index < -0.39 is 0 Å². The molecule has 1 aromatic heterocycles. The Labute approximate surface area is 118 Å². The van der Waals surface area contributed by atoms with Gasteiger partial charge in [-0.05, 0) is 26.0 Å². The number of ether oxygens (including phenoxy) is 1. The van der Waals surface area contributed by atoms with E-state index in [0.717, 1.165) is 12.1 Å². The van der Waals surface area contributed by atoms with Crippen LogP contribution in [0, 0.1) is 12.7 Å². The fraction of sp³-hybridized carbons (Fsp3) is 0.333. The van der Waals surface area contributed by atoms with E-state index >= 15 is 0 Å². The van der Waals surface area contributed by atoms with E-state index in [2.05, 4.69) is 15.3 Å². The number of halogens is 1. The molecule has 0 amide bonds. The van der Waals surface area contributed by atoms with Crippen molar-refractivity contribution in [3.8, 4) is 11.3 Å². The van der Waals surface area contributed by atoms with Gasteiger partial charge < -0.3 is 10.1 Å². The van der Waals surface area contributed by atoms with Crippen molar-refractivity contribution >= 4 is 5.82 Å². The van der Waals surface area contributed by atoms with Gasteiger partial charge in [0.1, 0.15) is 18.2 Å². The van der Waals surface area contributed by atoms with Crippen molar-refractivity contribution < 1.29 is 9.13 Å². The third-order valence-electron chi connectivity index (χ3n) is 2.80. The van der Waals surface area contributed by atoms with Gasteiger partial charge in [0.15, 0.2) is 5.82 Å². The Balaban J connectivity index is 2.51. The highest BCUT2D eigenvalue weighted by Gasteiger charge is 2.10. The van der Waals surface area contributed by atoms with Gasteiger partial charge >= 0.3 is 0 Å². The predicted octanol–water partition coefficient (Wildman–Crippen LogP) is 3.17. The Morgan fingerprint density at radius 1 is 1.25 bits per heavy atom. The summed E-state index contributed by atoms with van der Waals surface area (Å²) in [4.78, 5) is 8.68. The molecule has 0 saturated carbocycles. The van der Waals surface area contributed by atoms with Gasteiger partial charge in [0.25, 0.3) is 0 Å². The lowest BCUT2D eigenvalue weighted by atomic mass is 10.1. The van der Waals surface area contributed by atoms with Crippen LogP contribution in [0.4, 0.5) is 10.2 Å².